The Balaban J connectivity index is 1.93. The smallest absolute Gasteiger partial charge is 0.314 e. The second-order valence-corrected chi connectivity index (χ2v) is 6.21. The monoisotopic (exact) mass is 326 g/mol. The Hall–Kier alpha value is -2.49. The molecule has 0 bridgehead atoms. The van der Waals surface area contributed by atoms with E-state index < -0.39 is 11.4 Å². The first-order valence-electron chi connectivity index (χ1n) is 8.25. The maximum atomic E-state index is 12.0. The number of ether oxygens (including phenoxy) is 2. The van der Waals surface area contributed by atoms with Crippen molar-refractivity contribution in [3.8, 4) is 11.5 Å². The zero-order valence-electron chi connectivity index (χ0n) is 13.8. The van der Waals surface area contributed by atoms with Gasteiger partial charge in [0.05, 0.1) is 12.5 Å². The number of rotatable bonds is 6. The molecule has 0 radical (unpaired) electrons. The molecule has 3 rings (SSSR count). The summed E-state index contributed by atoms with van der Waals surface area (Å²) >= 11 is 0. The van der Waals surface area contributed by atoms with Crippen molar-refractivity contribution in [2.75, 3.05) is 7.11 Å². The van der Waals surface area contributed by atoms with Crippen LogP contribution in [0.4, 0.5) is 0 Å². The van der Waals surface area contributed by atoms with Gasteiger partial charge in [-0.25, -0.2) is 0 Å². The van der Waals surface area contributed by atoms with Crippen molar-refractivity contribution in [3.63, 3.8) is 0 Å². The summed E-state index contributed by atoms with van der Waals surface area (Å²) in [4.78, 5) is 12.0. The molecule has 0 heterocycles. The summed E-state index contributed by atoms with van der Waals surface area (Å²) in [6.45, 7) is 0.417. The fourth-order valence-electron chi connectivity index (χ4n) is 3.53. The number of hydrogen-bond acceptors (Lipinski definition) is 3. The van der Waals surface area contributed by atoms with Gasteiger partial charge < -0.3 is 14.6 Å². The molecule has 4 nitrogen and oxygen atoms in total. The fraction of sp³-hybridized carbons (Fsp3) is 0.350. The summed E-state index contributed by atoms with van der Waals surface area (Å²) in [5, 5.41) is 9.84. The van der Waals surface area contributed by atoms with Crippen molar-refractivity contribution in [1.82, 2.24) is 0 Å². The predicted octanol–water partition coefficient (Wildman–Crippen LogP) is 4.17. The molecule has 1 aliphatic rings. The molecule has 0 amide bonds. The molecule has 0 aromatic heterocycles. The van der Waals surface area contributed by atoms with Crippen LogP contribution in [0.1, 0.15) is 36.8 Å². The SMILES string of the molecule is COc1c(OCc2ccccc2)cccc1C1(C(=O)O)CCCC1. The van der Waals surface area contributed by atoms with Crippen molar-refractivity contribution in [1.29, 1.82) is 0 Å². The van der Waals surface area contributed by atoms with E-state index >= 15 is 0 Å². The van der Waals surface area contributed by atoms with Gasteiger partial charge in [-0.2, -0.15) is 0 Å². The highest BCUT2D eigenvalue weighted by Gasteiger charge is 2.45. The van der Waals surface area contributed by atoms with Gasteiger partial charge in [0.15, 0.2) is 11.5 Å². The molecule has 1 aliphatic carbocycles. The molecule has 0 unspecified atom stereocenters. The molecule has 1 fully saturated rings. The van der Waals surface area contributed by atoms with Gasteiger partial charge in [-0.05, 0) is 24.5 Å². The van der Waals surface area contributed by atoms with Crippen LogP contribution in [0.15, 0.2) is 48.5 Å². The fourth-order valence-corrected chi connectivity index (χ4v) is 3.53. The maximum Gasteiger partial charge on any atom is 0.314 e. The van der Waals surface area contributed by atoms with Gasteiger partial charge in [0.2, 0.25) is 0 Å². The molecule has 1 N–H and O–H groups in total. The van der Waals surface area contributed by atoms with Crippen LogP contribution in [0.25, 0.3) is 0 Å². The number of carboxylic acids is 1. The third-order valence-electron chi connectivity index (χ3n) is 4.80. The first-order valence-corrected chi connectivity index (χ1v) is 8.25. The van der Waals surface area contributed by atoms with Gasteiger partial charge in [0.1, 0.15) is 6.61 Å². The second-order valence-electron chi connectivity index (χ2n) is 6.21. The molecule has 0 atom stereocenters. The van der Waals surface area contributed by atoms with Crippen LogP contribution in [-0.4, -0.2) is 18.2 Å². The summed E-state index contributed by atoms with van der Waals surface area (Å²) in [7, 11) is 1.57. The summed E-state index contributed by atoms with van der Waals surface area (Å²) < 4.78 is 11.5. The average molecular weight is 326 g/mol. The second kappa shape index (κ2) is 6.95. The average Bonchev–Trinajstić information content (AvgIpc) is 3.11. The molecule has 2 aromatic rings. The highest BCUT2D eigenvalue weighted by Crippen LogP contribution is 2.47. The number of carboxylic acid groups (broad SMARTS) is 1. The number of carbonyl (C=O) groups is 1. The minimum atomic E-state index is -0.864. The number of hydrogen-bond donors (Lipinski definition) is 1. The van der Waals surface area contributed by atoms with E-state index in [1.807, 2.05) is 48.5 Å². The van der Waals surface area contributed by atoms with Crippen LogP contribution in [0.5, 0.6) is 11.5 Å². The Labute approximate surface area is 142 Å². The number of aliphatic carboxylic acids is 1. The Bertz CT molecular complexity index is 703. The predicted molar refractivity (Wildman–Crippen MR) is 91.5 cm³/mol. The quantitative estimate of drug-likeness (QED) is 0.865. The van der Waals surface area contributed by atoms with Gasteiger partial charge in [-0.3, -0.25) is 4.79 Å². The number of methoxy groups -OCH3 is 1. The molecule has 0 saturated heterocycles. The van der Waals surface area contributed by atoms with Crippen molar-refractivity contribution in [2.24, 2.45) is 0 Å². The van der Waals surface area contributed by atoms with Crippen LogP contribution in [-0.2, 0) is 16.8 Å². The van der Waals surface area contributed by atoms with Crippen LogP contribution in [0, 0.1) is 0 Å². The first-order chi connectivity index (χ1) is 11.7. The van der Waals surface area contributed by atoms with Gasteiger partial charge in [0.25, 0.3) is 0 Å². The van der Waals surface area contributed by atoms with Crippen LogP contribution in [0.2, 0.25) is 0 Å². The van der Waals surface area contributed by atoms with Gasteiger partial charge in [-0.1, -0.05) is 55.3 Å². The number of benzene rings is 2. The van der Waals surface area contributed by atoms with E-state index in [1.54, 1.807) is 7.11 Å². The molecule has 4 heteroatoms. The van der Waals surface area contributed by atoms with Crippen LogP contribution >= 0.6 is 0 Å². The van der Waals surface area contributed by atoms with E-state index in [0.717, 1.165) is 24.0 Å². The van der Waals surface area contributed by atoms with E-state index in [1.165, 1.54) is 0 Å². The first kappa shape index (κ1) is 16.4. The lowest BCUT2D eigenvalue weighted by Crippen LogP contribution is -2.33. The Morgan fingerprint density at radius 2 is 1.79 bits per heavy atom. The van der Waals surface area contributed by atoms with E-state index in [9.17, 15) is 9.90 Å². The molecular formula is C20H22O4. The van der Waals surface area contributed by atoms with E-state index in [0.29, 0.717) is 30.9 Å². The molecular weight excluding hydrogens is 304 g/mol. The molecule has 1 saturated carbocycles. The Kier molecular flexibility index (Phi) is 4.74. The lowest BCUT2D eigenvalue weighted by molar-refractivity contribution is -0.143. The lowest BCUT2D eigenvalue weighted by atomic mass is 9.78. The summed E-state index contributed by atoms with van der Waals surface area (Å²) in [6.07, 6.45) is 3.12. The van der Waals surface area contributed by atoms with Crippen LogP contribution in [0.3, 0.4) is 0 Å². The highest BCUT2D eigenvalue weighted by molar-refractivity contribution is 5.83. The summed E-state index contributed by atoms with van der Waals surface area (Å²) in [6, 6.07) is 15.4. The minimum Gasteiger partial charge on any atom is -0.493 e. The molecule has 24 heavy (non-hydrogen) atoms. The Morgan fingerprint density at radius 1 is 1.08 bits per heavy atom. The minimum absolute atomic E-state index is 0.417. The van der Waals surface area contributed by atoms with Crippen molar-refractivity contribution >= 4 is 5.97 Å². The largest absolute Gasteiger partial charge is 0.493 e. The standard InChI is InChI=1S/C20H22O4/c1-23-18-16(20(19(21)22)12-5-6-13-20)10-7-11-17(18)24-14-15-8-3-2-4-9-15/h2-4,7-11H,5-6,12-14H2,1H3,(H,21,22). The maximum absolute atomic E-state index is 12.0. The zero-order chi connectivity index (χ0) is 17.0. The highest BCUT2D eigenvalue weighted by atomic mass is 16.5. The van der Waals surface area contributed by atoms with Gasteiger partial charge >= 0.3 is 5.97 Å². The van der Waals surface area contributed by atoms with E-state index in [-0.39, 0.29) is 0 Å². The van der Waals surface area contributed by atoms with Gasteiger partial charge in [0, 0.05) is 5.56 Å². The third-order valence-corrected chi connectivity index (χ3v) is 4.80. The normalized spacial score (nSPS) is 15.9. The zero-order valence-corrected chi connectivity index (χ0v) is 13.8. The van der Waals surface area contributed by atoms with E-state index in [2.05, 4.69) is 0 Å². The summed E-state index contributed by atoms with van der Waals surface area (Å²) in [5.74, 6) is 0.350. The topological polar surface area (TPSA) is 55.8 Å². The molecule has 126 valence electrons. The third kappa shape index (κ3) is 2.96. The summed E-state index contributed by atoms with van der Waals surface area (Å²) in [5.41, 5.74) is 0.914. The molecule has 0 spiro atoms. The van der Waals surface area contributed by atoms with Crippen molar-refractivity contribution in [3.05, 3.63) is 59.7 Å². The van der Waals surface area contributed by atoms with E-state index in [4.69, 9.17) is 9.47 Å². The lowest BCUT2D eigenvalue weighted by Gasteiger charge is -2.27. The molecule has 0 aliphatic heterocycles. The van der Waals surface area contributed by atoms with Gasteiger partial charge in [-0.15, -0.1) is 0 Å². The number of para-hydroxylation sites is 1. The molecule has 2 aromatic carbocycles. The van der Waals surface area contributed by atoms with Crippen LogP contribution < -0.4 is 9.47 Å². The van der Waals surface area contributed by atoms with Crippen molar-refractivity contribution < 1.29 is 19.4 Å². The Morgan fingerprint density at radius 3 is 2.42 bits per heavy atom. The van der Waals surface area contributed by atoms with Crippen molar-refractivity contribution in [2.45, 2.75) is 37.7 Å².